The maximum atomic E-state index is 5.32. The maximum absolute atomic E-state index is 5.32. The van der Waals surface area contributed by atoms with Gasteiger partial charge in [0.05, 0.1) is 7.11 Å². The molecule has 1 heterocycles. The molecule has 1 aliphatic rings. The van der Waals surface area contributed by atoms with Crippen LogP contribution in [0.4, 0.5) is 0 Å². The van der Waals surface area contributed by atoms with E-state index < -0.39 is 0 Å². The normalized spacial score (nSPS) is 17.5. The molecule has 0 spiro atoms. The van der Waals surface area contributed by atoms with Crippen molar-refractivity contribution < 1.29 is 4.74 Å². The number of benzene rings is 1. The molecule has 2 rings (SSSR count). The summed E-state index contributed by atoms with van der Waals surface area (Å²) in [4.78, 5) is 2.49. The van der Waals surface area contributed by atoms with Crippen LogP contribution in [0.15, 0.2) is 30.3 Å². The van der Waals surface area contributed by atoms with Crippen LogP contribution in [0.2, 0.25) is 0 Å². The summed E-state index contributed by atoms with van der Waals surface area (Å²) < 4.78 is 5.32. The van der Waals surface area contributed by atoms with Crippen molar-refractivity contribution in [1.82, 2.24) is 4.90 Å². The third-order valence-corrected chi connectivity index (χ3v) is 3.85. The number of hydrogen-bond donors (Lipinski definition) is 0. The molecule has 0 N–H and O–H groups in total. The van der Waals surface area contributed by atoms with Crippen LogP contribution in [-0.4, -0.2) is 43.1 Å². The fourth-order valence-corrected chi connectivity index (χ4v) is 2.90. The second-order valence-corrected chi connectivity index (χ2v) is 5.28. The maximum Gasteiger partial charge on any atom is 0.126 e. The first-order valence-electron chi connectivity index (χ1n) is 6.00. The van der Waals surface area contributed by atoms with E-state index in [0.29, 0.717) is 0 Å². The van der Waals surface area contributed by atoms with Gasteiger partial charge in [-0.2, -0.15) is 11.8 Å². The van der Waals surface area contributed by atoms with Gasteiger partial charge in [0.2, 0.25) is 0 Å². The van der Waals surface area contributed by atoms with Crippen LogP contribution in [-0.2, 0) is 0 Å². The first kappa shape index (κ1) is 12.5. The average Bonchev–Trinajstić information content (AvgIpc) is 2.40. The molecule has 3 heteroatoms. The molecule has 2 nitrogen and oxygen atoms in total. The van der Waals surface area contributed by atoms with Gasteiger partial charge in [-0.25, -0.2) is 0 Å². The molecule has 1 aliphatic heterocycles. The van der Waals surface area contributed by atoms with Crippen LogP contribution in [0.3, 0.4) is 0 Å². The molecule has 0 bridgehead atoms. The summed E-state index contributed by atoms with van der Waals surface area (Å²) in [5, 5.41) is 0. The summed E-state index contributed by atoms with van der Waals surface area (Å²) in [5.41, 5.74) is 1.15. The number of hydrogen-bond acceptors (Lipinski definition) is 3. The Morgan fingerprint density at radius 1 is 1.29 bits per heavy atom. The molecule has 0 saturated carbocycles. The van der Waals surface area contributed by atoms with Crippen LogP contribution in [0.25, 0.3) is 6.08 Å². The summed E-state index contributed by atoms with van der Waals surface area (Å²) >= 11 is 2.05. The van der Waals surface area contributed by atoms with Crippen molar-refractivity contribution in [2.75, 3.05) is 38.2 Å². The van der Waals surface area contributed by atoms with Crippen molar-refractivity contribution in [3.05, 3.63) is 35.9 Å². The van der Waals surface area contributed by atoms with Crippen LogP contribution < -0.4 is 4.74 Å². The minimum absolute atomic E-state index is 0.943. The number of methoxy groups -OCH3 is 1. The van der Waals surface area contributed by atoms with Crippen molar-refractivity contribution >= 4 is 17.8 Å². The highest BCUT2D eigenvalue weighted by atomic mass is 32.2. The predicted octanol–water partition coefficient (Wildman–Crippen LogP) is 2.76. The zero-order valence-corrected chi connectivity index (χ0v) is 11.1. The number of ether oxygens (including phenoxy) is 1. The van der Waals surface area contributed by atoms with Gasteiger partial charge >= 0.3 is 0 Å². The highest BCUT2D eigenvalue weighted by molar-refractivity contribution is 7.99. The zero-order chi connectivity index (χ0) is 11.9. The molecule has 1 saturated heterocycles. The largest absolute Gasteiger partial charge is 0.496 e. The lowest BCUT2D eigenvalue weighted by molar-refractivity contribution is 0.336. The number of nitrogens with zero attached hydrogens (tertiary/aromatic N) is 1. The van der Waals surface area contributed by atoms with Gasteiger partial charge in [0, 0.05) is 36.7 Å². The van der Waals surface area contributed by atoms with Crippen molar-refractivity contribution in [2.24, 2.45) is 0 Å². The molecule has 0 unspecified atom stereocenters. The smallest absolute Gasteiger partial charge is 0.126 e. The van der Waals surface area contributed by atoms with Crippen molar-refractivity contribution in [3.63, 3.8) is 0 Å². The lowest BCUT2D eigenvalue weighted by Gasteiger charge is -2.24. The molecule has 92 valence electrons. The molecule has 0 aliphatic carbocycles. The van der Waals surface area contributed by atoms with Gasteiger partial charge in [0.15, 0.2) is 0 Å². The second-order valence-electron chi connectivity index (χ2n) is 4.06. The highest BCUT2D eigenvalue weighted by Gasteiger charge is 2.07. The Morgan fingerprint density at radius 3 is 2.82 bits per heavy atom. The number of para-hydroxylation sites is 1. The van der Waals surface area contributed by atoms with Crippen LogP contribution in [0.5, 0.6) is 5.75 Å². The molecule has 1 aromatic rings. The standard InChI is InChI=1S/C14H19NOS/c1-16-14-7-3-2-5-13(14)6-4-8-15-9-11-17-12-10-15/h2-7H,8-12H2,1H3/b6-4+. The van der Waals surface area contributed by atoms with Gasteiger partial charge in [-0.1, -0.05) is 30.4 Å². The van der Waals surface area contributed by atoms with Crippen LogP contribution >= 0.6 is 11.8 Å². The minimum Gasteiger partial charge on any atom is -0.496 e. The SMILES string of the molecule is COc1ccccc1/C=C/CN1CCSCC1. The highest BCUT2D eigenvalue weighted by Crippen LogP contribution is 2.18. The van der Waals surface area contributed by atoms with Crippen molar-refractivity contribution in [3.8, 4) is 5.75 Å². The van der Waals surface area contributed by atoms with Crippen LogP contribution in [0.1, 0.15) is 5.56 Å². The lowest BCUT2D eigenvalue weighted by Crippen LogP contribution is -2.32. The number of thioether (sulfide) groups is 1. The predicted molar refractivity (Wildman–Crippen MR) is 75.8 cm³/mol. The Labute approximate surface area is 108 Å². The van der Waals surface area contributed by atoms with E-state index in [1.165, 1.54) is 24.6 Å². The molecule has 0 amide bonds. The van der Waals surface area contributed by atoms with Gasteiger partial charge < -0.3 is 4.74 Å². The molecular weight excluding hydrogens is 230 g/mol. The first-order chi connectivity index (χ1) is 8.40. The van der Waals surface area contributed by atoms with Gasteiger partial charge in [-0.05, 0) is 6.07 Å². The van der Waals surface area contributed by atoms with E-state index in [2.05, 4.69) is 23.1 Å². The summed E-state index contributed by atoms with van der Waals surface area (Å²) in [6.45, 7) is 3.46. The molecule has 1 fully saturated rings. The molecule has 0 radical (unpaired) electrons. The number of rotatable bonds is 4. The summed E-state index contributed by atoms with van der Waals surface area (Å²) in [5.74, 6) is 3.48. The van der Waals surface area contributed by atoms with Gasteiger partial charge in [-0.15, -0.1) is 0 Å². The van der Waals surface area contributed by atoms with Crippen molar-refractivity contribution in [2.45, 2.75) is 0 Å². The molecule has 17 heavy (non-hydrogen) atoms. The Bertz CT molecular complexity index is 372. The molecule has 0 aromatic heterocycles. The Hall–Kier alpha value is -0.930. The van der Waals surface area contributed by atoms with Gasteiger partial charge in [-0.3, -0.25) is 4.90 Å². The third kappa shape index (κ3) is 3.79. The lowest BCUT2D eigenvalue weighted by atomic mass is 10.2. The average molecular weight is 249 g/mol. The second kappa shape index (κ2) is 6.72. The molecular formula is C14H19NOS. The third-order valence-electron chi connectivity index (χ3n) is 2.90. The first-order valence-corrected chi connectivity index (χ1v) is 7.15. The quantitative estimate of drug-likeness (QED) is 0.814. The Kier molecular flexibility index (Phi) is 4.95. The monoisotopic (exact) mass is 249 g/mol. The van der Waals surface area contributed by atoms with E-state index in [9.17, 15) is 0 Å². The fraction of sp³-hybridized carbons (Fsp3) is 0.429. The van der Waals surface area contributed by atoms with E-state index >= 15 is 0 Å². The Morgan fingerprint density at radius 2 is 2.06 bits per heavy atom. The summed E-state index contributed by atoms with van der Waals surface area (Å²) in [6.07, 6.45) is 4.38. The topological polar surface area (TPSA) is 12.5 Å². The van der Waals surface area contributed by atoms with E-state index in [4.69, 9.17) is 4.74 Å². The zero-order valence-electron chi connectivity index (χ0n) is 10.3. The van der Waals surface area contributed by atoms with Gasteiger partial charge in [0.1, 0.15) is 5.75 Å². The van der Waals surface area contributed by atoms with E-state index in [1.54, 1.807) is 7.11 Å². The molecule has 1 aromatic carbocycles. The minimum atomic E-state index is 0.943. The van der Waals surface area contributed by atoms with Crippen molar-refractivity contribution in [1.29, 1.82) is 0 Å². The van der Waals surface area contributed by atoms with Crippen LogP contribution in [0, 0.1) is 0 Å². The van der Waals surface area contributed by atoms with Gasteiger partial charge in [0.25, 0.3) is 0 Å². The summed E-state index contributed by atoms with van der Waals surface area (Å²) in [7, 11) is 1.72. The van der Waals surface area contributed by atoms with E-state index in [0.717, 1.165) is 17.9 Å². The Balaban J connectivity index is 1.90. The fourth-order valence-electron chi connectivity index (χ4n) is 1.92. The van der Waals surface area contributed by atoms with E-state index in [1.807, 2.05) is 30.0 Å². The van der Waals surface area contributed by atoms with E-state index in [-0.39, 0.29) is 0 Å². The summed E-state index contributed by atoms with van der Waals surface area (Å²) in [6, 6.07) is 8.12. The molecule has 0 atom stereocenters.